The van der Waals surface area contributed by atoms with Crippen molar-refractivity contribution in [2.45, 2.75) is 6.18 Å². The molecule has 0 aliphatic heterocycles. The Labute approximate surface area is 137 Å². The molecule has 0 fully saturated rings. The van der Waals surface area contributed by atoms with Crippen LogP contribution in [0, 0.1) is 0 Å². The van der Waals surface area contributed by atoms with Crippen molar-refractivity contribution in [3.05, 3.63) is 73.4 Å². The third kappa shape index (κ3) is 3.92. The molecule has 0 saturated carbocycles. The lowest BCUT2D eigenvalue weighted by molar-refractivity contribution is -0.137. The minimum absolute atomic E-state index is 0.135. The van der Waals surface area contributed by atoms with E-state index in [9.17, 15) is 18.0 Å². The number of amides is 1. The van der Waals surface area contributed by atoms with Gasteiger partial charge < -0.3 is 9.47 Å². The molecule has 0 aliphatic carbocycles. The van der Waals surface area contributed by atoms with Gasteiger partial charge in [0, 0.05) is 25.0 Å². The second-order valence-electron chi connectivity index (χ2n) is 5.00. The Kier molecular flexibility index (Phi) is 5.23. The summed E-state index contributed by atoms with van der Waals surface area (Å²) in [7, 11) is 0. The number of carbonyl (C=O) groups is 1. The van der Waals surface area contributed by atoms with Crippen LogP contribution in [0.3, 0.4) is 0 Å². The minimum atomic E-state index is -4.43. The van der Waals surface area contributed by atoms with Crippen LogP contribution in [0.15, 0.2) is 62.1 Å². The number of hydrogen-bond acceptors (Lipinski definition) is 2. The summed E-state index contributed by atoms with van der Waals surface area (Å²) in [5.41, 5.74) is -0.354. The first-order valence-electron chi connectivity index (χ1n) is 7.09. The summed E-state index contributed by atoms with van der Waals surface area (Å²) < 4.78 is 39.7. The lowest BCUT2D eigenvalue weighted by atomic mass is 10.2. The molecular weight excluding hydrogens is 319 g/mol. The third-order valence-corrected chi connectivity index (χ3v) is 3.26. The van der Waals surface area contributed by atoms with Crippen LogP contribution >= 0.6 is 0 Å². The molecule has 1 heterocycles. The molecule has 24 heavy (non-hydrogen) atoms. The predicted molar refractivity (Wildman–Crippen MR) is 84.9 cm³/mol. The minimum Gasteiger partial charge on any atom is -0.330 e. The summed E-state index contributed by atoms with van der Waals surface area (Å²) in [5.74, 6) is -0.347. The Morgan fingerprint density at radius 2 is 1.92 bits per heavy atom. The first kappa shape index (κ1) is 17.5. The highest BCUT2D eigenvalue weighted by Crippen LogP contribution is 2.30. The summed E-state index contributed by atoms with van der Waals surface area (Å²) >= 11 is 0. The molecule has 0 atom stereocenters. The molecule has 4 nitrogen and oxygen atoms in total. The van der Waals surface area contributed by atoms with E-state index in [0.717, 1.165) is 12.1 Å². The zero-order valence-electron chi connectivity index (χ0n) is 12.8. The van der Waals surface area contributed by atoms with Gasteiger partial charge >= 0.3 is 6.18 Å². The van der Waals surface area contributed by atoms with Crippen LogP contribution in [0.1, 0.15) is 16.1 Å². The van der Waals surface area contributed by atoms with Gasteiger partial charge in [-0.15, -0.1) is 13.2 Å². The van der Waals surface area contributed by atoms with E-state index in [0.29, 0.717) is 13.1 Å². The normalized spacial score (nSPS) is 11.1. The highest BCUT2D eigenvalue weighted by molar-refractivity contribution is 5.92. The van der Waals surface area contributed by atoms with Crippen LogP contribution in [0.5, 0.6) is 0 Å². The lowest BCUT2D eigenvalue weighted by Crippen LogP contribution is -2.31. The van der Waals surface area contributed by atoms with Crippen molar-refractivity contribution in [3.8, 4) is 5.69 Å². The maximum atomic E-state index is 12.8. The SMILES string of the molecule is C=CCN(CC=C)C(=O)c1cn(-c2cccc(C(F)(F)F)c2)cn1. The Bertz CT molecular complexity index is 740. The van der Waals surface area contributed by atoms with Crippen molar-refractivity contribution in [3.63, 3.8) is 0 Å². The zero-order valence-corrected chi connectivity index (χ0v) is 12.8. The molecule has 0 saturated heterocycles. The van der Waals surface area contributed by atoms with Crippen LogP contribution in [0.25, 0.3) is 5.69 Å². The molecule has 1 aromatic heterocycles. The number of alkyl halides is 3. The van der Waals surface area contributed by atoms with E-state index in [1.165, 1.54) is 34.1 Å². The average molecular weight is 335 g/mol. The number of hydrogen-bond donors (Lipinski definition) is 0. The average Bonchev–Trinajstić information content (AvgIpc) is 3.03. The number of benzene rings is 1. The fraction of sp³-hybridized carbons (Fsp3) is 0.176. The number of halogens is 3. The molecule has 0 aliphatic rings. The van der Waals surface area contributed by atoms with Gasteiger partial charge in [-0.1, -0.05) is 18.2 Å². The van der Waals surface area contributed by atoms with Gasteiger partial charge in [-0.3, -0.25) is 4.79 Å². The molecule has 0 bridgehead atoms. The number of nitrogens with zero attached hydrogens (tertiary/aromatic N) is 3. The maximum absolute atomic E-state index is 12.8. The van der Waals surface area contributed by atoms with Crippen molar-refractivity contribution >= 4 is 5.91 Å². The summed E-state index contributed by atoms with van der Waals surface area (Å²) in [4.78, 5) is 17.8. The van der Waals surface area contributed by atoms with Crippen molar-refractivity contribution in [1.29, 1.82) is 0 Å². The molecular formula is C17H16F3N3O. The largest absolute Gasteiger partial charge is 0.416 e. The van der Waals surface area contributed by atoms with Gasteiger partial charge in [-0.05, 0) is 18.2 Å². The third-order valence-electron chi connectivity index (χ3n) is 3.26. The molecule has 1 amide bonds. The quantitative estimate of drug-likeness (QED) is 0.755. The van der Waals surface area contributed by atoms with E-state index in [-0.39, 0.29) is 17.3 Å². The van der Waals surface area contributed by atoms with Crippen molar-refractivity contribution < 1.29 is 18.0 Å². The van der Waals surface area contributed by atoms with Crippen LogP contribution in [-0.2, 0) is 6.18 Å². The summed E-state index contributed by atoms with van der Waals surface area (Å²) in [6.45, 7) is 7.81. The second kappa shape index (κ2) is 7.16. The second-order valence-corrected chi connectivity index (χ2v) is 5.00. The first-order valence-corrected chi connectivity index (χ1v) is 7.09. The highest BCUT2D eigenvalue weighted by Gasteiger charge is 2.30. The van der Waals surface area contributed by atoms with Crippen LogP contribution in [-0.4, -0.2) is 33.4 Å². The van der Waals surface area contributed by atoms with Gasteiger partial charge in [-0.2, -0.15) is 13.2 Å². The lowest BCUT2D eigenvalue weighted by Gasteiger charge is -2.17. The Balaban J connectivity index is 2.29. The predicted octanol–water partition coefficient (Wildman–Crippen LogP) is 3.71. The van der Waals surface area contributed by atoms with E-state index >= 15 is 0 Å². The molecule has 0 N–H and O–H groups in total. The van der Waals surface area contributed by atoms with E-state index < -0.39 is 11.7 Å². The number of aromatic nitrogens is 2. The standard InChI is InChI=1S/C17H16F3N3O/c1-3-8-22(9-4-2)16(24)15-11-23(12-21-15)14-7-5-6-13(10-14)17(18,19)20/h3-7,10-12H,1-2,8-9H2. The maximum Gasteiger partial charge on any atom is 0.416 e. The van der Waals surface area contributed by atoms with E-state index in [2.05, 4.69) is 18.1 Å². The molecule has 0 unspecified atom stereocenters. The van der Waals surface area contributed by atoms with Gasteiger partial charge in [0.25, 0.3) is 5.91 Å². The van der Waals surface area contributed by atoms with Gasteiger partial charge in [0.05, 0.1) is 5.56 Å². The highest BCUT2D eigenvalue weighted by atomic mass is 19.4. The molecule has 7 heteroatoms. The molecule has 126 valence electrons. The zero-order chi connectivity index (χ0) is 17.7. The molecule has 1 aromatic carbocycles. The summed E-state index contributed by atoms with van der Waals surface area (Å²) in [6.07, 6.45) is 1.43. The van der Waals surface area contributed by atoms with Crippen LogP contribution in [0.4, 0.5) is 13.2 Å². The Morgan fingerprint density at radius 3 is 2.50 bits per heavy atom. The van der Waals surface area contributed by atoms with E-state index in [4.69, 9.17) is 0 Å². The number of imidazole rings is 1. The Hall–Kier alpha value is -2.83. The van der Waals surface area contributed by atoms with Crippen LogP contribution in [0.2, 0.25) is 0 Å². The van der Waals surface area contributed by atoms with E-state index in [1.54, 1.807) is 12.2 Å². The van der Waals surface area contributed by atoms with Crippen molar-refractivity contribution in [2.24, 2.45) is 0 Å². The molecule has 2 aromatic rings. The summed E-state index contributed by atoms with van der Waals surface area (Å²) in [5, 5.41) is 0. The smallest absolute Gasteiger partial charge is 0.330 e. The van der Waals surface area contributed by atoms with Crippen molar-refractivity contribution in [1.82, 2.24) is 14.5 Å². The molecule has 2 rings (SSSR count). The number of rotatable bonds is 6. The Morgan fingerprint density at radius 1 is 1.25 bits per heavy atom. The monoisotopic (exact) mass is 335 g/mol. The van der Waals surface area contributed by atoms with Gasteiger partial charge in [-0.25, -0.2) is 4.98 Å². The molecule has 0 radical (unpaired) electrons. The van der Waals surface area contributed by atoms with Crippen molar-refractivity contribution in [2.75, 3.05) is 13.1 Å². The van der Waals surface area contributed by atoms with Gasteiger partial charge in [0.2, 0.25) is 0 Å². The summed E-state index contributed by atoms with van der Waals surface area (Å²) in [6, 6.07) is 4.81. The number of carbonyl (C=O) groups excluding carboxylic acids is 1. The fourth-order valence-electron chi connectivity index (χ4n) is 2.13. The first-order chi connectivity index (χ1) is 11.4. The fourth-order valence-corrected chi connectivity index (χ4v) is 2.13. The van der Waals surface area contributed by atoms with Crippen LogP contribution < -0.4 is 0 Å². The van der Waals surface area contributed by atoms with Gasteiger partial charge in [0.15, 0.2) is 0 Å². The van der Waals surface area contributed by atoms with Gasteiger partial charge in [0.1, 0.15) is 12.0 Å². The molecule has 0 spiro atoms. The topological polar surface area (TPSA) is 38.1 Å². The van der Waals surface area contributed by atoms with E-state index in [1.807, 2.05) is 0 Å².